The van der Waals surface area contributed by atoms with Crippen LogP contribution in [0.3, 0.4) is 0 Å². The van der Waals surface area contributed by atoms with Crippen LogP contribution in [-0.4, -0.2) is 45.2 Å². The standard InChI is InChI=1S/C26H22F3N5O2S2/c1-15-23(38-16(2)31-15)21-14-37-25(32-21)33-22-8-5-19(13-30-22)24(35)34-11-9-18(10-12-34)17-3-6-20(7-4-17)36-26(27,28)29/h3-9,13-14H,10-12H2,1-2H3,(H,30,32,33). The van der Waals surface area contributed by atoms with Crippen molar-refractivity contribution in [2.75, 3.05) is 18.4 Å². The highest BCUT2D eigenvalue weighted by Gasteiger charge is 2.31. The van der Waals surface area contributed by atoms with Crippen molar-refractivity contribution in [3.8, 4) is 16.3 Å². The highest BCUT2D eigenvalue weighted by atomic mass is 32.1. The summed E-state index contributed by atoms with van der Waals surface area (Å²) in [6.07, 6.45) is -0.685. The van der Waals surface area contributed by atoms with E-state index >= 15 is 0 Å². The Morgan fingerprint density at radius 3 is 2.50 bits per heavy atom. The lowest BCUT2D eigenvalue weighted by Gasteiger charge is -2.26. The second-order valence-corrected chi connectivity index (χ2v) is 10.6. The van der Waals surface area contributed by atoms with Crippen LogP contribution in [-0.2, 0) is 0 Å². The number of nitrogens with zero attached hydrogens (tertiary/aromatic N) is 4. The summed E-state index contributed by atoms with van der Waals surface area (Å²) in [6.45, 7) is 4.82. The molecular weight excluding hydrogens is 535 g/mol. The first kappa shape index (κ1) is 25.9. The molecule has 12 heteroatoms. The van der Waals surface area contributed by atoms with Crippen molar-refractivity contribution >= 4 is 45.1 Å². The number of pyridine rings is 1. The molecule has 1 aromatic carbocycles. The molecule has 196 valence electrons. The number of carbonyl (C=O) groups excluding carboxylic acids is 1. The smallest absolute Gasteiger partial charge is 0.406 e. The molecule has 5 rings (SSSR count). The summed E-state index contributed by atoms with van der Waals surface area (Å²) in [4.78, 5) is 29.2. The van der Waals surface area contributed by atoms with E-state index in [1.165, 1.54) is 29.7 Å². The number of rotatable bonds is 6. The predicted octanol–water partition coefficient (Wildman–Crippen LogP) is 6.85. The molecule has 1 aliphatic heterocycles. The van der Waals surface area contributed by atoms with E-state index in [0.717, 1.165) is 32.4 Å². The van der Waals surface area contributed by atoms with Gasteiger partial charge in [-0.05, 0) is 55.7 Å². The predicted molar refractivity (Wildman–Crippen MR) is 142 cm³/mol. The molecule has 0 fully saturated rings. The minimum atomic E-state index is -4.72. The van der Waals surface area contributed by atoms with Crippen LogP contribution in [0.25, 0.3) is 16.1 Å². The number of hydrogen-bond donors (Lipinski definition) is 1. The van der Waals surface area contributed by atoms with E-state index < -0.39 is 6.36 Å². The average molecular weight is 558 g/mol. The number of amides is 1. The van der Waals surface area contributed by atoms with Gasteiger partial charge in [-0.3, -0.25) is 4.79 Å². The van der Waals surface area contributed by atoms with Gasteiger partial charge in [0.25, 0.3) is 5.91 Å². The van der Waals surface area contributed by atoms with E-state index in [9.17, 15) is 18.0 Å². The van der Waals surface area contributed by atoms with Gasteiger partial charge in [0.2, 0.25) is 0 Å². The molecule has 38 heavy (non-hydrogen) atoms. The Hall–Kier alpha value is -3.77. The van der Waals surface area contributed by atoms with Crippen LogP contribution in [0, 0.1) is 13.8 Å². The number of nitrogens with one attached hydrogen (secondary N) is 1. The monoisotopic (exact) mass is 557 g/mol. The van der Waals surface area contributed by atoms with Gasteiger partial charge >= 0.3 is 6.36 Å². The summed E-state index contributed by atoms with van der Waals surface area (Å²) >= 11 is 3.08. The number of alkyl halides is 3. The molecule has 0 unspecified atom stereocenters. The fourth-order valence-electron chi connectivity index (χ4n) is 4.08. The minimum Gasteiger partial charge on any atom is -0.406 e. The lowest BCUT2D eigenvalue weighted by molar-refractivity contribution is -0.274. The topological polar surface area (TPSA) is 80.2 Å². The SMILES string of the molecule is Cc1nc(C)c(-c2csc(Nc3ccc(C(=O)N4CC=C(c5ccc(OC(F)(F)F)cc5)CC4)cn3)n2)s1. The summed E-state index contributed by atoms with van der Waals surface area (Å²) in [5, 5.41) is 6.85. The lowest BCUT2D eigenvalue weighted by Crippen LogP contribution is -2.34. The first-order valence-corrected chi connectivity index (χ1v) is 13.3. The van der Waals surface area contributed by atoms with Crippen molar-refractivity contribution in [1.82, 2.24) is 19.9 Å². The van der Waals surface area contributed by atoms with Gasteiger partial charge in [-0.25, -0.2) is 15.0 Å². The highest BCUT2D eigenvalue weighted by molar-refractivity contribution is 7.16. The third kappa shape index (κ3) is 6.03. The van der Waals surface area contributed by atoms with Gasteiger partial charge in [-0.1, -0.05) is 18.2 Å². The number of aromatic nitrogens is 3. The number of ether oxygens (including phenoxy) is 1. The second-order valence-electron chi connectivity index (χ2n) is 8.55. The van der Waals surface area contributed by atoms with Crippen molar-refractivity contribution < 1.29 is 22.7 Å². The molecule has 0 spiro atoms. The van der Waals surface area contributed by atoms with E-state index in [1.54, 1.807) is 40.5 Å². The number of hydrogen-bond acceptors (Lipinski definition) is 8. The van der Waals surface area contributed by atoms with Crippen molar-refractivity contribution in [2.45, 2.75) is 26.6 Å². The number of aryl methyl sites for hydroxylation is 2. The quantitative estimate of drug-likeness (QED) is 0.279. The normalized spacial score (nSPS) is 13.8. The maximum absolute atomic E-state index is 13.0. The third-order valence-electron chi connectivity index (χ3n) is 5.84. The number of thiazole rings is 2. The molecule has 0 atom stereocenters. The molecule has 3 aromatic heterocycles. The number of halogens is 3. The van der Waals surface area contributed by atoms with Crippen LogP contribution in [0.2, 0.25) is 0 Å². The summed E-state index contributed by atoms with van der Waals surface area (Å²) in [7, 11) is 0. The maximum Gasteiger partial charge on any atom is 0.573 e. The van der Waals surface area contributed by atoms with Crippen molar-refractivity contribution in [1.29, 1.82) is 0 Å². The first-order valence-electron chi connectivity index (χ1n) is 11.6. The Morgan fingerprint density at radius 2 is 1.89 bits per heavy atom. The zero-order valence-electron chi connectivity index (χ0n) is 20.4. The molecule has 0 aliphatic carbocycles. The first-order chi connectivity index (χ1) is 18.1. The zero-order valence-corrected chi connectivity index (χ0v) is 22.0. The van der Waals surface area contributed by atoms with Gasteiger partial charge in [-0.2, -0.15) is 0 Å². The van der Waals surface area contributed by atoms with Gasteiger partial charge in [0, 0.05) is 24.7 Å². The Kier molecular flexibility index (Phi) is 7.17. The van der Waals surface area contributed by atoms with Crippen molar-refractivity contribution in [3.63, 3.8) is 0 Å². The Bertz CT molecular complexity index is 1480. The fourth-order valence-corrected chi connectivity index (χ4v) is 5.74. The Labute approximate surface area is 224 Å². The fraction of sp³-hybridized carbons (Fsp3) is 0.231. The number of carbonyl (C=O) groups is 1. The van der Waals surface area contributed by atoms with Crippen molar-refractivity contribution in [3.05, 3.63) is 75.9 Å². The van der Waals surface area contributed by atoms with Gasteiger partial charge in [-0.15, -0.1) is 35.8 Å². The maximum atomic E-state index is 13.0. The Balaban J connectivity index is 1.18. The summed E-state index contributed by atoms with van der Waals surface area (Å²) in [6, 6.07) is 9.22. The second kappa shape index (κ2) is 10.5. The largest absolute Gasteiger partial charge is 0.573 e. The molecule has 1 N–H and O–H groups in total. The molecule has 7 nitrogen and oxygen atoms in total. The number of anilines is 2. The highest BCUT2D eigenvalue weighted by Crippen LogP contribution is 2.33. The molecule has 0 saturated carbocycles. The van der Waals surface area contributed by atoms with Crippen LogP contribution in [0.5, 0.6) is 5.75 Å². The summed E-state index contributed by atoms with van der Waals surface area (Å²) in [5.74, 6) is 0.180. The van der Waals surface area contributed by atoms with E-state index in [-0.39, 0.29) is 11.7 Å². The molecular formula is C26H22F3N5O2S2. The molecule has 0 radical (unpaired) electrons. The van der Waals surface area contributed by atoms with Crippen molar-refractivity contribution in [2.24, 2.45) is 0 Å². The Morgan fingerprint density at radius 1 is 1.11 bits per heavy atom. The van der Waals surface area contributed by atoms with Crippen LogP contribution in [0.1, 0.15) is 33.0 Å². The lowest BCUT2D eigenvalue weighted by atomic mass is 9.99. The van der Waals surface area contributed by atoms with Gasteiger partial charge < -0.3 is 15.0 Å². The average Bonchev–Trinajstić information content (AvgIpc) is 3.48. The molecule has 4 aromatic rings. The van der Waals surface area contributed by atoms with Crippen LogP contribution in [0.4, 0.5) is 24.1 Å². The van der Waals surface area contributed by atoms with Crippen LogP contribution >= 0.6 is 22.7 Å². The van der Waals surface area contributed by atoms with E-state index in [2.05, 4.69) is 25.0 Å². The molecule has 4 heterocycles. The van der Waals surface area contributed by atoms with Gasteiger partial charge in [0.15, 0.2) is 5.13 Å². The van der Waals surface area contributed by atoms with Gasteiger partial charge in [0.1, 0.15) is 11.6 Å². The van der Waals surface area contributed by atoms with E-state index in [0.29, 0.717) is 36.0 Å². The van der Waals surface area contributed by atoms with E-state index in [1.807, 2.05) is 25.3 Å². The van der Waals surface area contributed by atoms with Gasteiger partial charge in [0.05, 0.1) is 26.8 Å². The van der Waals surface area contributed by atoms with Crippen LogP contribution < -0.4 is 10.1 Å². The number of benzene rings is 1. The molecule has 1 amide bonds. The summed E-state index contributed by atoms with van der Waals surface area (Å²) < 4.78 is 41.0. The third-order valence-corrected chi connectivity index (χ3v) is 7.69. The van der Waals surface area contributed by atoms with E-state index in [4.69, 9.17) is 0 Å². The molecule has 0 bridgehead atoms. The molecule has 1 aliphatic rings. The van der Waals surface area contributed by atoms with Crippen LogP contribution in [0.15, 0.2) is 54.1 Å². The summed E-state index contributed by atoms with van der Waals surface area (Å²) in [5.41, 5.74) is 4.07. The zero-order chi connectivity index (χ0) is 26.9. The molecule has 0 saturated heterocycles. The minimum absolute atomic E-state index is 0.138.